The molecule has 28 heavy (non-hydrogen) atoms. The van der Waals surface area contributed by atoms with Gasteiger partial charge in [0.25, 0.3) is 5.91 Å². The third-order valence-electron chi connectivity index (χ3n) is 4.48. The molecule has 2 aromatic rings. The van der Waals surface area contributed by atoms with Gasteiger partial charge in [-0.05, 0) is 37.4 Å². The summed E-state index contributed by atoms with van der Waals surface area (Å²) >= 11 is 0. The highest BCUT2D eigenvalue weighted by Gasteiger charge is 2.28. The van der Waals surface area contributed by atoms with Crippen LogP contribution in [-0.4, -0.2) is 56.8 Å². The fourth-order valence-electron chi connectivity index (χ4n) is 2.79. The molecular weight excluding hydrogens is 395 g/mol. The van der Waals surface area contributed by atoms with E-state index in [0.29, 0.717) is 32.2 Å². The number of benzene rings is 2. The molecule has 1 amide bonds. The molecule has 0 unspecified atom stereocenters. The molecule has 1 fully saturated rings. The van der Waals surface area contributed by atoms with Gasteiger partial charge in [0.15, 0.2) is 17.5 Å². The first kappa shape index (κ1) is 20.3. The summed E-state index contributed by atoms with van der Waals surface area (Å²) in [7, 11) is -1.90. The topological polar surface area (TPSA) is 69.7 Å². The number of anilines is 1. The lowest BCUT2D eigenvalue weighted by Crippen LogP contribution is -2.47. The van der Waals surface area contributed by atoms with Gasteiger partial charge in [-0.2, -0.15) is 4.31 Å². The normalized spacial score (nSPS) is 16.1. The summed E-state index contributed by atoms with van der Waals surface area (Å²) in [6.07, 6.45) is 0. The van der Waals surface area contributed by atoms with Crippen LogP contribution in [0.1, 0.15) is 10.4 Å². The Bertz CT molecular complexity index is 1010. The van der Waals surface area contributed by atoms with E-state index in [1.54, 1.807) is 0 Å². The van der Waals surface area contributed by atoms with Crippen LogP contribution in [0.5, 0.6) is 0 Å². The monoisotopic (exact) mass is 413 g/mol. The minimum absolute atomic E-state index is 0.0562. The van der Waals surface area contributed by atoms with Crippen LogP contribution in [0.3, 0.4) is 0 Å². The average molecular weight is 413 g/mol. The number of nitrogens with one attached hydrogen (secondary N) is 1. The lowest BCUT2D eigenvalue weighted by Gasteiger charge is -2.31. The van der Waals surface area contributed by atoms with Crippen molar-refractivity contribution in [2.75, 3.05) is 38.5 Å². The van der Waals surface area contributed by atoms with Gasteiger partial charge in [0.2, 0.25) is 10.0 Å². The minimum atomic E-state index is -3.79. The average Bonchev–Trinajstić information content (AvgIpc) is 2.69. The summed E-state index contributed by atoms with van der Waals surface area (Å²) in [5.41, 5.74) is -0.601. The quantitative estimate of drug-likeness (QED) is 0.781. The number of sulfonamides is 1. The van der Waals surface area contributed by atoms with E-state index >= 15 is 0 Å². The molecule has 1 N–H and O–H groups in total. The molecule has 0 atom stereocenters. The van der Waals surface area contributed by atoms with Gasteiger partial charge in [-0.1, -0.05) is 6.07 Å². The Morgan fingerprint density at radius 2 is 1.68 bits per heavy atom. The molecule has 2 aromatic carbocycles. The predicted molar refractivity (Wildman–Crippen MR) is 97.0 cm³/mol. The van der Waals surface area contributed by atoms with Crippen molar-refractivity contribution in [2.45, 2.75) is 4.90 Å². The van der Waals surface area contributed by atoms with Crippen molar-refractivity contribution in [3.63, 3.8) is 0 Å². The molecule has 0 aliphatic carbocycles. The predicted octanol–water partition coefficient (Wildman–Crippen LogP) is 2.29. The van der Waals surface area contributed by atoms with Crippen LogP contribution >= 0.6 is 0 Å². The number of hydrogen-bond acceptors (Lipinski definition) is 4. The molecule has 1 aliphatic heterocycles. The van der Waals surface area contributed by atoms with E-state index in [1.165, 1.54) is 28.6 Å². The molecule has 150 valence electrons. The van der Waals surface area contributed by atoms with Gasteiger partial charge in [0.1, 0.15) is 0 Å². The van der Waals surface area contributed by atoms with Crippen molar-refractivity contribution in [2.24, 2.45) is 0 Å². The number of halogens is 3. The van der Waals surface area contributed by atoms with Gasteiger partial charge in [-0.15, -0.1) is 0 Å². The molecule has 3 rings (SSSR count). The number of amides is 1. The van der Waals surface area contributed by atoms with E-state index < -0.39 is 39.1 Å². The van der Waals surface area contributed by atoms with Crippen LogP contribution in [0, 0.1) is 17.5 Å². The van der Waals surface area contributed by atoms with Gasteiger partial charge in [0.05, 0.1) is 10.6 Å². The Labute approximate surface area is 160 Å². The first-order valence-electron chi connectivity index (χ1n) is 8.44. The van der Waals surface area contributed by atoms with Crippen molar-refractivity contribution in [1.82, 2.24) is 9.21 Å². The smallest absolute Gasteiger partial charge is 0.255 e. The number of likely N-dealkylation sites (N-methyl/N-ethyl adjacent to an activating group) is 1. The number of rotatable bonds is 4. The van der Waals surface area contributed by atoms with Gasteiger partial charge in [-0.3, -0.25) is 4.79 Å². The summed E-state index contributed by atoms with van der Waals surface area (Å²) in [5.74, 6) is -5.46. The fourth-order valence-corrected chi connectivity index (χ4v) is 4.26. The van der Waals surface area contributed by atoms with Crippen LogP contribution in [0.2, 0.25) is 0 Å². The molecule has 1 aliphatic rings. The van der Waals surface area contributed by atoms with Crippen molar-refractivity contribution in [1.29, 1.82) is 0 Å². The molecule has 6 nitrogen and oxygen atoms in total. The van der Waals surface area contributed by atoms with E-state index in [1.807, 2.05) is 11.9 Å². The highest BCUT2D eigenvalue weighted by molar-refractivity contribution is 7.89. The summed E-state index contributed by atoms with van der Waals surface area (Å²) < 4.78 is 67.0. The highest BCUT2D eigenvalue weighted by atomic mass is 32.2. The van der Waals surface area contributed by atoms with Crippen molar-refractivity contribution in [3.05, 3.63) is 59.4 Å². The molecule has 1 heterocycles. The molecule has 0 saturated carbocycles. The van der Waals surface area contributed by atoms with Gasteiger partial charge in [0, 0.05) is 31.7 Å². The largest absolute Gasteiger partial charge is 0.319 e. The van der Waals surface area contributed by atoms with Crippen LogP contribution in [0.4, 0.5) is 18.9 Å². The second kappa shape index (κ2) is 7.90. The summed E-state index contributed by atoms with van der Waals surface area (Å²) in [6, 6.07) is 6.83. The van der Waals surface area contributed by atoms with Crippen LogP contribution in [-0.2, 0) is 10.0 Å². The highest BCUT2D eigenvalue weighted by Crippen LogP contribution is 2.22. The zero-order chi connectivity index (χ0) is 20.5. The minimum Gasteiger partial charge on any atom is -0.319 e. The molecule has 1 saturated heterocycles. The Hall–Kier alpha value is -2.43. The number of carbonyl (C=O) groups excluding carboxylic acids is 1. The Balaban J connectivity index is 1.83. The standard InChI is InChI=1S/C18H18F3N3O3S/c1-23-7-9-24(10-8-23)28(26,27)13-4-2-3-12(11-13)18(25)22-15-6-5-14(19)16(20)17(15)21/h2-6,11H,7-10H2,1H3,(H,22,25). The molecule has 10 heteroatoms. The second-order valence-electron chi connectivity index (χ2n) is 6.41. The summed E-state index contributed by atoms with van der Waals surface area (Å²) in [6.45, 7) is 1.84. The van der Waals surface area contributed by atoms with Gasteiger partial charge < -0.3 is 10.2 Å². The number of carbonyl (C=O) groups is 1. The zero-order valence-electron chi connectivity index (χ0n) is 15.0. The second-order valence-corrected chi connectivity index (χ2v) is 8.35. The molecular formula is C18H18F3N3O3S. The van der Waals surface area contributed by atoms with Crippen LogP contribution in [0.25, 0.3) is 0 Å². The molecule has 0 radical (unpaired) electrons. The third-order valence-corrected chi connectivity index (χ3v) is 6.37. The van der Waals surface area contributed by atoms with Crippen LogP contribution < -0.4 is 5.32 Å². The number of hydrogen-bond donors (Lipinski definition) is 1. The van der Waals surface area contributed by atoms with Gasteiger partial charge >= 0.3 is 0 Å². The fraction of sp³-hybridized carbons (Fsp3) is 0.278. The Morgan fingerprint density at radius 1 is 1.00 bits per heavy atom. The van der Waals surface area contributed by atoms with Crippen LogP contribution in [0.15, 0.2) is 41.3 Å². The maximum Gasteiger partial charge on any atom is 0.255 e. The number of nitrogens with zero attached hydrogens (tertiary/aromatic N) is 2. The van der Waals surface area contributed by atoms with Gasteiger partial charge in [-0.25, -0.2) is 21.6 Å². The molecule has 0 bridgehead atoms. The number of piperazine rings is 1. The van der Waals surface area contributed by atoms with E-state index in [2.05, 4.69) is 5.32 Å². The maximum atomic E-state index is 13.7. The zero-order valence-corrected chi connectivity index (χ0v) is 15.8. The molecule has 0 spiro atoms. The lowest BCUT2D eigenvalue weighted by atomic mass is 10.2. The first-order chi connectivity index (χ1) is 13.2. The van der Waals surface area contributed by atoms with Crippen molar-refractivity contribution in [3.8, 4) is 0 Å². The SMILES string of the molecule is CN1CCN(S(=O)(=O)c2cccc(C(=O)Nc3ccc(F)c(F)c3F)c2)CC1. The Morgan fingerprint density at radius 3 is 2.36 bits per heavy atom. The van der Waals surface area contributed by atoms with E-state index in [9.17, 15) is 26.4 Å². The lowest BCUT2D eigenvalue weighted by molar-refractivity contribution is 0.102. The summed E-state index contributed by atoms with van der Waals surface area (Å²) in [5, 5.41) is 2.12. The molecule has 0 aromatic heterocycles. The first-order valence-corrected chi connectivity index (χ1v) is 9.88. The third kappa shape index (κ3) is 4.03. The maximum absolute atomic E-state index is 13.7. The Kier molecular flexibility index (Phi) is 5.73. The van der Waals surface area contributed by atoms with E-state index in [0.717, 1.165) is 6.07 Å². The van der Waals surface area contributed by atoms with Crippen molar-refractivity contribution >= 4 is 21.6 Å². The summed E-state index contributed by atoms with van der Waals surface area (Å²) in [4.78, 5) is 14.3. The van der Waals surface area contributed by atoms with Crippen molar-refractivity contribution < 1.29 is 26.4 Å². The van der Waals surface area contributed by atoms with E-state index in [-0.39, 0.29) is 10.5 Å². The van der Waals surface area contributed by atoms with E-state index in [4.69, 9.17) is 0 Å².